The Morgan fingerprint density at radius 1 is 0.686 bits per heavy atom. The molecule has 1 amide bonds. The first kappa shape index (κ1) is 23.7. The van der Waals surface area contributed by atoms with E-state index in [0.717, 1.165) is 16.9 Å². The normalized spacial score (nSPS) is 10.3. The number of nitrogens with one attached hydrogen (secondary N) is 1. The van der Waals surface area contributed by atoms with Crippen LogP contribution in [-0.2, 0) is 13.2 Å². The molecule has 0 aliphatic rings. The van der Waals surface area contributed by atoms with Crippen LogP contribution in [0.1, 0.15) is 21.5 Å². The van der Waals surface area contributed by atoms with Crippen LogP contribution in [0.4, 0.5) is 5.69 Å². The van der Waals surface area contributed by atoms with Crippen molar-refractivity contribution in [3.63, 3.8) is 0 Å². The van der Waals surface area contributed by atoms with Gasteiger partial charge in [-0.15, -0.1) is 0 Å². The number of benzene rings is 4. The maximum atomic E-state index is 12.9. The Balaban J connectivity index is 1.42. The molecule has 4 rings (SSSR count). The average Bonchev–Trinajstić information content (AvgIpc) is 2.92. The van der Waals surface area contributed by atoms with Crippen molar-refractivity contribution in [1.82, 2.24) is 0 Å². The molecule has 0 aromatic heterocycles. The number of amides is 1. The molecule has 4 aromatic rings. The van der Waals surface area contributed by atoms with Crippen LogP contribution in [0.15, 0.2) is 97.1 Å². The van der Waals surface area contributed by atoms with Gasteiger partial charge < -0.3 is 24.3 Å². The van der Waals surface area contributed by atoms with Gasteiger partial charge in [-0.1, -0.05) is 60.7 Å². The second kappa shape index (κ2) is 11.6. The molecule has 0 heterocycles. The highest BCUT2D eigenvalue weighted by Gasteiger charge is 2.18. The highest BCUT2D eigenvalue weighted by molar-refractivity contribution is 6.05. The maximum absolute atomic E-state index is 12.9. The topological polar surface area (TPSA) is 66.0 Å². The monoisotopic (exact) mass is 469 g/mol. The Hall–Kier alpha value is -4.45. The van der Waals surface area contributed by atoms with E-state index < -0.39 is 0 Å². The number of anilines is 1. The van der Waals surface area contributed by atoms with Crippen molar-refractivity contribution in [2.24, 2.45) is 0 Å². The third-order valence-electron chi connectivity index (χ3n) is 5.31. The van der Waals surface area contributed by atoms with E-state index in [1.807, 2.05) is 72.8 Å². The highest BCUT2D eigenvalue weighted by Crippen LogP contribution is 2.39. The van der Waals surface area contributed by atoms with Crippen molar-refractivity contribution in [3.05, 3.63) is 114 Å². The lowest BCUT2D eigenvalue weighted by molar-refractivity contribution is 0.102. The molecule has 35 heavy (non-hydrogen) atoms. The van der Waals surface area contributed by atoms with Gasteiger partial charge in [-0.05, 0) is 47.5 Å². The summed E-state index contributed by atoms with van der Waals surface area (Å²) in [6, 6.07) is 30.2. The first-order valence-corrected chi connectivity index (χ1v) is 11.2. The molecule has 1 N–H and O–H groups in total. The van der Waals surface area contributed by atoms with E-state index in [1.165, 1.54) is 14.2 Å². The zero-order chi connectivity index (χ0) is 24.5. The highest BCUT2D eigenvalue weighted by atomic mass is 16.5. The van der Waals surface area contributed by atoms with E-state index >= 15 is 0 Å². The first-order chi connectivity index (χ1) is 17.2. The Bertz CT molecular complexity index is 1220. The number of hydrogen-bond acceptors (Lipinski definition) is 5. The molecular weight excluding hydrogens is 442 g/mol. The van der Waals surface area contributed by atoms with Gasteiger partial charge in [0.25, 0.3) is 5.91 Å². The maximum Gasteiger partial charge on any atom is 0.255 e. The lowest BCUT2D eigenvalue weighted by Gasteiger charge is -2.16. The lowest BCUT2D eigenvalue weighted by atomic mass is 10.1. The number of rotatable bonds is 10. The van der Waals surface area contributed by atoms with Crippen LogP contribution in [0.5, 0.6) is 23.0 Å². The van der Waals surface area contributed by atoms with E-state index in [-0.39, 0.29) is 5.91 Å². The summed E-state index contributed by atoms with van der Waals surface area (Å²) in [5.41, 5.74) is 3.12. The van der Waals surface area contributed by atoms with E-state index in [2.05, 4.69) is 5.32 Å². The minimum atomic E-state index is -0.297. The van der Waals surface area contributed by atoms with Crippen molar-refractivity contribution >= 4 is 11.6 Å². The van der Waals surface area contributed by atoms with Gasteiger partial charge in [-0.3, -0.25) is 4.79 Å². The lowest BCUT2D eigenvalue weighted by Crippen LogP contribution is -2.13. The molecule has 0 fully saturated rings. The second-order valence-electron chi connectivity index (χ2n) is 7.74. The van der Waals surface area contributed by atoms with Crippen molar-refractivity contribution in [2.75, 3.05) is 19.5 Å². The second-order valence-corrected chi connectivity index (χ2v) is 7.74. The van der Waals surface area contributed by atoms with Crippen molar-refractivity contribution in [3.8, 4) is 23.0 Å². The quantitative estimate of drug-likeness (QED) is 0.303. The molecule has 0 bridgehead atoms. The zero-order valence-corrected chi connectivity index (χ0v) is 19.7. The standard InChI is InChI=1S/C29H27NO5/c1-32-26-17-23(18-27(33-2)28(26)35-20-22-11-7-4-8-12-22)29(31)30-24-13-15-25(16-14-24)34-19-21-9-5-3-6-10-21/h3-18H,19-20H2,1-2H3,(H,30,31). The molecule has 0 unspecified atom stereocenters. The van der Waals surface area contributed by atoms with Crippen LogP contribution in [0.2, 0.25) is 0 Å². The summed E-state index contributed by atoms with van der Waals surface area (Å²) in [6.07, 6.45) is 0. The molecule has 178 valence electrons. The average molecular weight is 470 g/mol. The number of carbonyl (C=O) groups is 1. The van der Waals surface area contributed by atoms with Crippen LogP contribution in [0.3, 0.4) is 0 Å². The predicted molar refractivity (Wildman–Crippen MR) is 135 cm³/mol. The minimum absolute atomic E-state index is 0.297. The molecule has 4 aromatic carbocycles. The molecular formula is C29H27NO5. The fourth-order valence-corrected chi connectivity index (χ4v) is 3.46. The Morgan fingerprint density at radius 2 is 1.20 bits per heavy atom. The van der Waals surface area contributed by atoms with Gasteiger partial charge in [0.2, 0.25) is 5.75 Å². The largest absolute Gasteiger partial charge is 0.493 e. The van der Waals surface area contributed by atoms with Crippen molar-refractivity contribution in [2.45, 2.75) is 13.2 Å². The molecule has 0 radical (unpaired) electrons. The zero-order valence-electron chi connectivity index (χ0n) is 19.7. The van der Waals surface area contributed by atoms with E-state index in [9.17, 15) is 4.79 Å². The fraction of sp³-hybridized carbons (Fsp3) is 0.138. The van der Waals surface area contributed by atoms with Crippen LogP contribution < -0.4 is 24.3 Å². The summed E-state index contributed by atoms with van der Waals surface area (Å²) >= 11 is 0. The fourth-order valence-electron chi connectivity index (χ4n) is 3.46. The van der Waals surface area contributed by atoms with Gasteiger partial charge in [0.1, 0.15) is 19.0 Å². The summed E-state index contributed by atoms with van der Waals surface area (Å²) in [5.74, 6) is 1.68. The van der Waals surface area contributed by atoms with Crippen molar-refractivity contribution in [1.29, 1.82) is 0 Å². The third kappa shape index (κ3) is 6.32. The summed E-state index contributed by atoms with van der Waals surface area (Å²) in [4.78, 5) is 12.9. The molecule has 6 nitrogen and oxygen atoms in total. The van der Waals surface area contributed by atoms with Gasteiger partial charge in [0, 0.05) is 11.3 Å². The van der Waals surface area contributed by atoms with E-state index in [1.54, 1.807) is 24.3 Å². The molecule has 0 aliphatic carbocycles. The summed E-state index contributed by atoms with van der Waals surface area (Å²) in [6.45, 7) is 0.822. The van der Waals surface area contributed by atoms with Crippen LogP contribution in [-0.4, -0.2) is 20.1 Å². The Morgan fingerprint density at radius 3 is 1.71 bits per heavy atom. The summed E-state index contributed by atoms with van der Waals surface area (Å²) in [7, 11) is 3.06. The molecule has 0 atom stereocenters. The summed E-state index contributed by atoms with van der Waals surface area (Å²) in [5, 5.41) is 2.89. The van der Waals surface area contributed by atoms with Gasteiger partial charge in [-0.2, -0.15) is 0 Å². The number of methoxy groups -OCH3 is 2. The van der Waals surface area contributed by atoms with Gasteiger partial charge in [0.05, 0.1) is 14.2 Å². The van der Waals surface area contributed by atoms with Gasteiger partial charge in [0.15, 0.2) is 11.5 Å². The number of ether oxygens (including phenoxy) is 4. The van der Waals surface area contributed by atoms with Crippen LogP contribution >= 0.6 is 0 Å². The number of hydrogen-bond donors (Lipinski definition) is 1. The van der Waals surface area contributed by atoms with Gasteiger partial charge >= 0.3 is 0 Å². The molecule has 0 aliphatic heterocycles. The van der Waals surface area contributed by atoms with Crippen LogP contribution in [0.25, 0.3) is 0 Å². The van der Waals surface area contributed by atoms with Crippen molar-refractivity contribution < 1.29 is 23.7 Å². The van der Waals surface area contributed by atoms with Crippen LogP contribution in [0, 0.1) is 0 Å². The van der Waals surface area contributed by atoms with Gasteiger partial charge in [-0.25, -0.2) is 0 Å². The first-order valence-electron chi connectivity index (χ1n) is 11.2. The van der Waals surface area contributed by atoms with E-state index in [0.29, 0.717) is 41.7 Å². The minimum Gasteiger partial charge on any atom is -0.493 e. The Kier molecular flexibility index (Phi) is 7.86. The molecule has 6 heteroatoms. The SMILES string of the molecule is COc1cc(C(=O)Nc2ccc(OCc3ccccc3)cc2)cc(OC)c1OCc1ccccc1. The molecule has 0 saturated heterocycles. The smallest absolute Gasteiger partial charge is 0.255 e. The predicted octanol–water partition coefficient (Wildman–Crippen LogP) is 6.11. The number of carbonyl (C=O) groups excluding carboxylic acids is 1. The molecule has 0 saturated carbocycles. The Labute approximate surface area is 205 Å². The van der Waals surface area contributed by atoms with E-state index in [4.69, 9.17) is 18.9 Å². The molecule has 0 spiro atoms. The third-order valence-corrected chi connectivity index (χ3v) is 5.31. The summed E-state index contributed by atoms with van der Waals surface area (Å²) < 4.78 is 22.8.